The van der Waals surface area contributed by atoms with Gasteiger partial charge in [-0.2, -0.15) is 13.2 Å². The van der Waals surface area contributed by atoms with Gasteiger partial charge in [-0.3, -0.25) is 4.79 Å². The van der Waals surface area contributed by atoms with Gasteiger partial charge in [0, 0.05) is 11.9 Å². The minimum atomic E-state index is -4.62. The van der Waals surface area contributed by atoms with E-state index in [1.165, 1.54) is 31.3 Å². The van der Waals surface area contributed by atoms with Crippen molar-refractivity contribution in [3.63, 3.8) is 0 Å². The molecule has 0 unspecified atom stereocenters. The van der Waals surface area contributed by atoms with Crippen molar-refractivity contribution in [1.82, 2.24) is 4.98 Å². The second-order valence-electron chi connectivity index (χ2n) is 4.58. The molecule has 0 spiro atoms. The van der Waals surface area contributed by atoms with E-state index in [9.17, 15) is 18.0 Å². The van der Waals surface area contributed by atoms with E-state index in [0.717, 1.165) is 6.07 Å². The van der Waals surface area contributed by atoms with E-state index in [0.29, 0.717) is 5.56 Å². The molecule has 0 saturated carbocycles. The van der Waals surface area contributed by atoms with Crippen LogP contribution in [0, 0.1) is 6.92 Å². The summed E-state index contributed by atoms with van der Waals surface area (Å²) in [5, 5.41) is 0. The number of hydrogen-bond acceptors (Lipinski definition) is 4. The van der Waals surface area contributed by atoms with Crippen LogP contribution in [0.4, 0.5) is 18.9 Å². The summed E-state index contributed by atoms with van der Waals surface area (Å²) in [4.78, 5) is 14.8. The highest BCUT2D eigenvalue weighted by atomic mass is 19.4. The van der Waals surface area contributed by atoms with Gasteiger partial charge in [-0.15, -0.1) is 0 Å². The Labute approximate surface area is 123 Å². The number of anilines is 1. The smallest absolute Gasteiger partial charge is 0.421 e. The summed E-state index contributed by atoms with van der Waals surface area (Å²) in [6.45, 7) is 1.49. The Balaban J connectivity index is 2.44. The fourth-order valence-electron chi connectivity index (χ4n) is 1.76. The lowest BCUT2D eigenvalue weighted by molar-refractivity contribution is -0.138. The van der Waals surface area contributed by atoms with E-state index < -0.39 is 23.5 Å². The number of ether oxygens (including phenoxy) is 1. The summed E-state index contributed by atoms with van der Waals surface area (Å²) < 4.78 is 44.1. The number of aryl methyl sites for hydroxylation is 1. The van der Waals surface area contributed by atoms with E-state index in [4.69, 9.17) is 16.2 Å². The number of carbonyl (C=O) groups excluding carboxylic acids is 1. The lowest BCUT2D eigenvalue weighted by Crippen LogP contribution is -2.13. The third-order valence-electron chi connectivity index (χ3n) is 2.80. The molecule has 22 heavy (non-hydrogen) atoms. The second kappa shape index (κ2) is 5.55. The lowest BCUT2D eigenvalue weighted by Gasteiger charge is -2.14. The van der Waals surface area contributed by atoms with Crippen LogP contribution in [0.1, 0.15) is 21.5 Å². The van der Waals surface area contributed by atoms with E-state index in [-0.39, 0.29) is 17.0 Å². The molecule has 0 fully saturated rings. The van der Waals surface area contributed by atoms with Crippen LogP contribution in [0.2, 0.25) is 0 Å². The molecular weight excluding hydrogens is 299 g/mol. The summed E-state index contributed by atoms with van der Waals surface area (Å²) in [7, 11) is 0. The summed E-state index contributed by atoms with van der Waals surface area (Å²) in [5.41, 5.74) is 10.1. The molecule has 0 bridgehead atoms. The minimum Gasteiger partial charge on any atom is -0.438 e. The average molecular weight is 311 g/mol. The number of benzene rings is 1. The third-order valence-corrected chi connectivity index (χ3v) is 2.80. The average Bonchev–Trinajstić information content (AvgIpc) is 2.41. The number of primary amides is 1. The first kappa shape index (κ1) is 15.6. The van der Waals surface area contributed by atoms with Crippen LogP contribution in [-0.2, 0) is 6.18 Å². The van der Waals surface area contributed by atoms with Crippen LogP contribution in [0.25, 0.3) is 0 Å². The van der Waals surface area contributed by atoms with Crippen molar-refractivity contribution < 1.29 is 22.7 Å². The molecule has 8 heteroatoms. The molecule has 1 aromatic heterocycles. The van der Waals surface area contributed by atoms with E-state index in [1.807, 2.05) is 0 Å². The van der Waals surface area contributed by atoms with Crippen molar-refractivity contribution in [2.24, 2.45) is 5.73 Å². The maximum Gasteiger partial charge on any atom is 0.421 e. The zero-order chi connectivity index (χ0) is 16.5. The van der Waals surface area contributed by atoms with E-state index in [2.05, 4.69) is 4.98 Å². The fraction of sp³-hybridized carbons (Fsp3) is 0.143. The number of hydrogen-bond donors (Lipinski definition) is 2. The van der Waals surface area contributed by atoms with E-state index in [1.54, 1.807) is 0 Å². The van der Waals surface area contributed by atoms with Gasteiger partial charge in [0.1, 0.15) is 11.3 Å². The zero-order valence-corrected chi connectivity index (χ0v) is 11.4. The number of nitrogens with zero attached hydrogens (tertiary/aromatic N) is 1. The quantitative estimate of drug-likeness (QED) is 0.853. The molecule has 4 N–H and O–H groups in total. The Hall–Kier alpha value is -2.77. The first-order chi connectivity index (χ1) is 10.2. The van der Waals surface area contributed by atoms with Gasteiger partial charge in [-0.25, -0.2) is 4.98 Å². The van der Waals surface area contributed by atoms with E-state index >= 15 is 0 Å². The van der Waals surface area contributed by atoms with Gasteiger partial charge in [0.05, 0.1) is 5.56 Å². The zero-order valence-electron chi connectivity index (χ0n) is 11.4. The van der Waals surface area contributed by atoms with Gasteiger partial charge in [0.2, 0.25) is 5.88 Å². The molecule has 2 aromatic rings. The normalized spacial score (nSPS) is 11.3. The number of aromatic nitrogens is 1. The van der Waals surface area contributed by atoms with Crippen LogP contribution >= 0.6 is 0 Å². The summed E-state index contributed by atoms with van der Waals surface area (Å²) in [6, 6.07) is 4.73. The molecule has 0 aliphatic rings. The monoisotopic (exact) mass is 311 g/mol. The molecular formula is C14H12F3N3O2. The fourth-order valence-corrected chi connectivity index (χ4v) is 1.76. The number of amides is 1. The van der Waals surface area contributed by atoms with Crippen LogP contribution < -0.4 is 16.2 Å². The third kappa shape index (κ3) is 3.27. The molecule has 1 heterocycles. The number of pyridine rings is 1. The van der Waals surface area contributed by atoms with Crippen molar-refractivity contribution in [1.29, 1.82) is 0 Å². The summed E-state index contributed by atoms with van der Waals surface area (Å²) in [6.07, 6.45) is -3.37. The number of carbonyl (C=O) groups is 1. The van der Waals surface area contributed by atoms with Gasteiger partial charge < -0.3 is 16.2 Å². The minimum absolute atomic E-state index is 0.0233. The van der Waals surface area contributed by atoms with Gasteiger partial charge in [0.15, 0.2) is 0 Å². The summed E-state index contributed by atoms with van der Waals surface area (Å²) in [5.74, 6) is -1.45. The van der Waals surface area contributed by atoms with Crippen molar-refractivity contribution in [3.8, 4) is 11.6 Å². The lowest BCUT2D eigenvalue weighted by atomic mass is 10.1. The standard InChI is InChI=1S/C14H12F3N3O2/c1-7-4-10(14(15,16)17)13(20-6-7)22-8-2-3-11(18)9(5-8)12(19)21/h2-6H,18H2,1H3,(H2,19,21). The Kier molecular flexibility index (Phi) is 3.94. The molecule has 0 saturated heterocycles. The first-order valence-corrected chi connectivity index (χ1v) is 6.09. The molecule has 5 nitrogen and oxygen atoms in total. The molecule has 2 rings (SSSR count). The number of rotatable bonds is 3. The maximum atomic E-state index is 13.0. The second-order valence-corrected chi connectivity index (χ2v) is 4.58. The molecule has 116 valence electrons. The number of alkyl halides is 3. The van der Waals surface area contributed by atoms with Gasteiger partial charge >= 0.3 is 6.18 Å². The maximum absolute atomic E-state index is 13.0. The van der Waals surface area contributed by atoms with Crippen molar-refractivity contribution in [2.45, 2.75) is 13.1 Å². The number of halogens is 3. The Morgan fingerprint density at radius 3 is 2.55 bits per heavy atom. The van der Waals surface area contributed by atoms with Crippen molar-refractivity contribution in [2.75, 3.05) is 5.73 Å². The molecule has 0 aliphatic carbocycles. The number of nitrogens with two attached hydrogens (primary N) is 2. The topological polar surface area (TPSA) is 91.2 Å². The number of nitrogen functional groups attached to an aromatic ring is 1. The Morgan fingerprint density at radius 2 is 1.95 bits per heavy atom. The molecule has 1 aromatic carbocycles. The van der Waals surface area contributed by atoms with Crippen LogP contribution in [0.3, 0.4) is 0 Å². The van der Waals surface area contributed by atoms with Gasteiger partial charge in [-0.1, -0.05) is 0 Å². The molecule has 1 amide bonds. The van der Waals surface area contributed by atoms with Gasteiger partial charge in [-0.05, 0) is 36.8 Å². The molecule has 0 aliphatic heterocycles. The molecule has 0 radical (unpaired) electrons. The van der Waals surface area contributed by atoms with Crippen molar-refractivity contribution >= 4 is 11.6 Å². The first-order valence-electron chi connectivity index (χ1n) is 6.09. The Morgan fingerprint density at radius 1 is 1.27 bits per heavy atom. The van der Waals surface area contributed by atoms with Gasteiger partial charge in [0.25, 0.3) is 5.91 Å². The SMILES string of the molecule is Cc1cnc(Oc2ccc(N)c(C(N)=O)c2)c(C(F)(F)F)c1. The van der Waals surface area contributed by atoms with Crippen molar-refractivity contribution in [3.05, 3.63) is 47.2 Å². The van der Waals surface area contributed by atoms with Crippen LogP contribution in [0.15, 0.2) is 30.5 Å². The Bertz CT molecular complexity index is 730. The predicted octanol–water partition coefficient (Wildman–Crippen LogP) is 2.88. The van der Waals surface area contributed by atoms with Crippen LogP contribution in [0.5, 0.6) is 11.6 Å². The van der Waals surface area contributed by atoms with Crippen LogP contribution in [-0.4, -0.2) is 10.9 Å². The largest absolute Gasteiger partial charge is 0.438 e. The highest BCUT2D eigenvalue weighted by Gasteiger charge is 2.35. The summed E-state index contributed by atoms with van der Waals surface area (Å²) >= 11 is 0. The highest BCUT2D eigenvalue weighted by Crippen LogP contribution is 2.37. The predicted molar refractivity (Wildman–Crippen MR) is 73.4 cm³/mol. The molecule has 0 atom stereocenters. The highest BCUT2D eigenvalue weighted by molar-refractivity contribution is 5.98.